The highest BCUT2D eigenvalue weighted by Gasteiger charge is 2.16. The number of methoxy groups -OCH3 is 2. The Hall–Kier alpha value is -2.30. The molecule has 0 aliphatic rings. The van der Waals surface area contributed by atoms with Crippen LogP contribution in [0.2, 0.25) is 0 Å². The number of benzene rings is 1. The lowest BCUT2D eigenvalue weighted by Crippen LogP contribution is -2.07. The van der Waals surface area contributed by atoms with Crippen molar-refractivity contribution in [3.8, 4) is 11.5 Å². The number of nitrogens with zero attached hydrogens (tertiary/aromatic N) is 2. The van der Waals surface area contributed by atoms with E-state index in [1.165, 1.54) is 7.11 Å². The van der Waals surface area contributed by atoms with Crippen molar-refractivity contribution in [1.29, 1.82) is 0 Å². The van der Waals surface area contributed by atoms with Gasteiger partial charge in [-0.2, -0.15) is 5.10 Å². The molecule has 0 atom stereocenters. The van der Waals surface area contributed by atoms with Crippen LogP contribution in [0.5, 0.6) is 11.5 Å². The van der Waals surface area contributed by atoms with E-state index < -0.39 is 0 Å². The fourth-order valence-corrected chi connectivity index (χ4v) is 2.13. The molecule has 0 fully saturated rings. The molecular formula is C15H18N2O3. The third-order valence-electron chi connectivity index (χ3n) is 3.23. The summed E-state index contributed by atoms with van der Waals surface area (Å²) in [7, 11) is 4.96. The van der Waals surface area contributed by atoms with Gasteiger partial charge in [-0.15, -0.1) is 0 Å². The molecule has 1 aromatic carbocycles. The molecule has 0 saturated carbocycles. The van der Waals surface area contributed by atoms with Gasteiger partial charge in [0.1, 0.15) is 0 Å². The second kappa shape index (κ2) is 6.23. The molecule has 0 aliphatic heterocycles. The molecular weight excluding hydrogens is 256 g/mol. The monoisotopic (exact) mass is 274 g/mol. The molecule has 0 bridgehead atoms. The van der Waals surface area contributed by atoms with Gasteiger partial charge in [-0.3, -0.25) is 9.48 Å². The van der Waals surface area contributed by atoms with Gasteiger partial charge in [-0.1, -0.05) is 6.07 Å². The van der Waals surface area contributed by atoms with E-state index in [0.717, 1.165) is 5.69 Å². The minimum atomic E-state index is 0.0296. The molecule has 0 spiro atoms. The van der Waals surface area contributed by atoms with E-state index in [-0.39, 0.29) is 5.78 Å². The van der Waals surface area contributed by atoms with Crippen LogP contribution in [0, 0.1) is 0 Å². The zero-order valence-electron chi connectivity index (χ0n) is 11.9. The number of hydrogen-bond donors (Lipinski definition) is 0. The molecule has 0 saturated heterocycles. The van der Waals surface area contributed by atoms with Crippen LogP contribution in [0.4, 0.5) is 0 Å². The van der Waals surface area contributed by atoms with Crippen molar-refractivity contribution in [2.45, 2.75) is 12.8 Å². The topological polar surface area (TPSA) is 53.3 Å². The van der Waals surface area contributed by atoms with Crippen LogP contribution >= 0.6 is 0 Å². The normalized spacial score (nSPS) is 10.3. The highest BCUT2D eigenvalue weighted by molar-refractivity contribution is 5.99. The third kappa shape index (κ3) is 2.82. The predicted molar refractivity (Wildman–Crippen MR) is 75.4 cm³/mol. The zero-order valence-corrected chi connectivity index (χ0v) is 11.9. The molecule has 0 aliphatic carbocycles. The van der Waals surface area contributed by atoms with Crippen LogP contribution < -0.4 is 9.47 Å². The maximum Gasteiger partial charge on any atom is 0.171 e. The molecule has 1 heterocycles. The maximum absolute atomic E-state index is 12.3. The summed E-state index contributed by atoms with van der Waals surface area (Å²) in [6.07, 6.45) is 2.78. The lowest BCUT2D eigenvalue weighted by atomic mass is 10.0. The van der Waals surface area contributed by atoms with Crippen LogP contribution in [0.1, 0.15) is 22.5 Å². The fraction of sp³-hybridized carbons (Fsp3) is 0.333. The van der Waals surface area contributed by atoms with Crippen molar-refractivity contribution < 1.29 is 14.3 Å². The number of Topliss-reactive ketones (excluding diaryl/α,β-unsaturated/α-hetero) is 1. The van der Waals surface area contributed by atoms with E-state index >= 15 is 0 Å². The molecule has 106 valence electrons. The lowest BCUT2D eigenvalue weighted by Gasteiger charge is -2.11. The second-order valence-electron chi connectivity index (χ2n) is 4.41. The smallest absolute Gasteiger partial charge is 0.171 e. The van der Waals surface area contributed by atoms with Crippen LogP contribution in [0.25, 0.3) is 0 Å². The standard InChI is InChI=1S/C15H18N2O3/c1-17-11(9-10-16-17)7-8-13(18)12-5-4-6-14(19-2)15(12)20-3/h4-6,9-10H,7-8H2,1-3H3. The summed E-state index contributed by atoms with van der Waals surface area (Å²) in [6.45, 7) is 0. The van der Waals surface area contributed by atoms with Gasteiger partial charge in [0.25, 0.3) is 0 Å². The number of rotatable bonds is 6. The average molecular weight is 274 g/mol. The quantitative estimate of drug-likeness (QED) is 0.758. The number of ether oxygens (including phenoxy) is 2. The van der Waals surface area contributed by atoms with E-state index in [0.29, 0.717) is 29.9 Å². The van der Waals surface area contributed by atoms with E-state index in [1.54, 1.807) is 36.2 Å². The van der Waals surface area contributed by atoms with Crippen molar-refractivity contribution in [2.24, 2.45) is 7.05 Å². The summed E-state index contributed by atoms with van der Waals surface area (Å²) in [5.41, 5.74) is 1.58. The first-order chi connectivity index (χ1) is 9.67. The number of ketones is 1. The number of hydrogen-bond acceptors (Lipinski definition) is 4. The van der Waals surface area contributed by atoms with Gasteiger partial charge in [0.15, 0.2) is 17.3 Å². The van der Waals surface area contributed by atoms with E-state index in [2.05, 4.69) is 5.10 Å². The molecule has 0 unspecified atom stereocenters. The summed E-state index contributed by atoms with van der Waals surface area (Å²) in [5, 5.41) is 4.09. The van der Waals surface area contributed by atoms with E-state index in [4.69, 9.17) is 9.47 Å². The van der Waals surface area contributed by atoms with Crippen LogP contribution in [-0.4, -0.2) is 29.8 Å². The molecule has 0 amide bonds. The van der Waals surface area contributed by atoms with Crippen LogP contribution in [0.15, 0.2) is 30.5 Å². The highest BCUT2D eigenvalue weighted by atomic mass is 16.5. The summed E-state index contributed by atoms with van der Waals surface area (Å²) >= 11 is 0. The Balaban J connectivity index is 2.15. The van der Waals surface area contributed by atoms with Crippen molar-refractivity contribution in [3.05, 3.63) is 41.7 Å². The summed E-state index contributed by atoms with van der Waals surface area (Å²) < 4.78 is 12.3. The Kier molecular flexibility index (Phi) is 4.40. The molecule has 0 N–H and O–H groups in total. The van der Waals surface area contributed by atoms with Gasteiger partial charge in [0.05, 0.1) is 19.8 Å². The minimum Gasteiger partial charge on any atom is -0.493 e. The Morgan fingerprint density at radius 3 is 2.65 bits per heavy atom. The SMILES string of the molecule is COc1cccc(C(=O)CCc2ccnn2C)c1OC. The number of para-hydroxylation sites is 1. The average Bonchev–Trinajstić information content (AvgIpc) is 2.89. The zero-order chi connectivity index (χ0) is 14.5. The molecule has 5 nitrogen and oxygen atoms in total. The fourth-order valence-electron chi connectivity index (χ4n) is 2.13. The summed E-state index contributed by atoms with van der Waals surface area (Å²) in [5.74, 6) is 1.09. The molecule has 0 radical (unpaired) electrons. The van der Waals surface area contributed by atoms with E-state index in [1.807, 2.05) is 13.1 Å². The van der Waals surface area contributed by atoms with Gasteiger partial charge in [0, 0.05) is 25.4 Å². The Bertz CT molecular complexity index is 605. The minimum absolute atomic E-state index is 0.0296. The van der Waals surface area contributed by atoms with Crippen LogP contribution in [-0.2, 0) is 13.5 Å². The first kappa shape index (κ1) is 14.1. The van der Waals surface area contributed by atoms with Crippen molar-refractivity contribution in [2.75, 3.05) is 14.2 Å². The second-order valence-corrected chi connectivity index (χ2v) is 4.41. The number of aryl methyl sites for hydroxylation is 2. The lowest BCUT2D eigenvalue weighted by molar-refractivity contribution is 0.0978. The molecule has 2 aromatic rings. The van der Waals surface area contributed by atoms with Crippen molar-refractivity contribution in [1.82, 2.24) is 9.78 Å². The summed E-state index contributed by atoms with van der Waals surface area (Å²) in [6, 6.07) is 7.23. The van der Waals surface area contributed by atoms with Gasteiger partial charge in [-0.05, 0) is 24.6 Å². The molecule has 20 heavy (non-hydrogen) atoms. The van der Waals surface area contributed by atoms with Crippen molar-refractivity contribution in [3.63, 3.8) is 0 Å². The van der Waals surface area contributed by atoms with Crippen molar-refractivity contribution >= 4 is 5.78 Å². The maximum atomic E-state index is 12.3. The Labute approximate surface area is 118 Å². The molecule has 2 rings (SSSR count). The van der Waals surface area contributed by atoms with Gasteiger partial charge < -0.3 is 9.47 Å². The van der Waals surface area contributed by atoms with Gasteiger partial charge in [0.2, 0.25) is 0 Å². The molecule has 1 aromatic heterocycles. The molecule has 5 heteroatoms. The first-order valence-electron chi connectivity index (χ1n) is 6.38. The van der Waals surface area contributed by atoms with E-state index in [9.17, 15) is 4.79 Å². The third-order valence-corrected chi connectivity index (χ3v) is 3.23. The Morgan fingerprint density at radius 1 is 1.25 bits per heavy atom. The predicted octanol–water partition coefficient (Wildman–Crippen LogP) is 2.25. The number of aromatic nitrogens is 2. The Morgan fingerprint density at radius 2 is 2.05 bits per heavy atom. The van der Waals surface area contributed by atoms with Crippen LogP contribution in [0.3, 0.4) is 0 Å². The largest absolute Gasteiger partial charge is 0.493 e. The number of carbonyl (C=O) groups is 1. The van der Waals surface area contributed by atoms with Gasteiger partial charge in [-0.25, -0.2) is 0 Å². The highest BCUT2D eigenvalue weighted by Crippen LogP contribution is 2.31. The van der Waals surface area contributed by atoms with Gasteiger partial charge >= 0.3 is 0 Å². The summed E-state index contributed by atoms with van der Waals surface area (Å²) in [4.78, 5) is 12.3. The first-order valence-corrected chi connectivity index (χ1v) is 6.38. The number of carbonyl (C=O) groups excluding carboxylic acids is 1.